The monoisotopic (exact) mass is 563 g/mol. The van der Waals surface area contributed by atoms with Gasteiger partial charge in [0, 0.05) is 26.6 Å². The first kappa shape index (κ1) is 22.3. The Kier molecular flexibility index (Phi) is 6.38. The first-order valence-electron chi connectivity index (χ1n) is 9.85. The van der Waals surface area contributed by atoms with Gasteiger partial charge in [0.2, 0.25) is 5.09 Å². The van der Waals surface area contributed by atoms with E-state index in [0.29, 0.717) is 50.6 Å². The Balaban J connectivity index is 1.34. The molecule has 3 heterocycles. The van der Waals surface area contributed by atoms with E-state index in [1.54, 1.807) is 12.6 Å². The first-order valence-corrected chi connectivity index (χ1v) is 12.2. The fraction of sp³-hybridized carbons (Fsp3) is 0.136. The maximum atomic E-state index is 6.31. The summed E-state index contributed by atoms with van der Waals surface area (Å²) in [4.78, 5) is 13.5. The lowest BCUT2D eigenvalue weighted by molar-refractivity contribution is -0.0278. The third kappa shape index (κ3) is 4.63. The van der Waals surface area contributed by atoms with Crippen LogP contribution in [0.15, 0.2) is 69.8 Å². The van der Waals surface area contributed by atoms with E-state index in [9.17, 15) is 0 Å². The number of aromatic nitrogens is 4. The van der Waals surface area contributed by atoms with Gasteiger partial charge in [0.05, 0.1) is 6.33 Å². The molecule has 1 unspecified atom stereocenters. The van der Waals surface area contributed by atoms with Gasteiger partial charge in [-0.25, -0.2) is 15.0 Å². The minimum absolute atomic E-state index is 0.306. The highest BCUT2D eigenvalue weighted by Crippen LogP contribution is 2.40. The molecule has 33 heavy (non-hydrogen) atoms. The zero-order valence-electron chi connectivity index (χ0n) is 16.9. The molecule has 0 spiro atoms. The van der Waals surface area contributed by atoms with Gasteiger partial charge < -0.3 is 19.8 Å². The van der Waals surface area contributed by atoms with Crippen LogP contribution in [-0.4, -0.2) is 19.5 Å². The first-order chi connectivity index (χ1) is 16.0. The van der Waals surface area contributed by atoms with E-state index in [-0.39, 0.29) is 0 Å². The molecule has 0 amide bonds. The van der Waals surface area contributed by atoms with E-state index in [1.807, 2.05) is 47.0 Å². The van der Waals surface area contributed by atoms with Gasteiger partial charge in [-0.3, -0.25) is 0 Å². The molecule has 0 radical (unpaired) electrons. The van der Waals surface area contributed by atoms with Crippen molar-refractivity contribution in [3.63, 3.8) is 0 Å². The van der Waals surface area contributed by atoms with Crippen molar-refractivity contribution in [1.29, 1.82) is 0 Å². The average Bonchev–Trinajstić information content (AvgIpc) is 3.43. The number of halogens is 3. The third-order valence-electron chi connectivity index (χ3n) is 5.00. The Labute approximate surface area is 212 Å². The molecule has 3 aliphatic rings. The van der Waals surface area contributed by atoms with Crippen molar-refractivity contribution in [3.8, 4) is 11.5 Å². The van der Waals surface area contributed by atoms with Crippen LogP contribution >= 0.6 is 50.9 Å². The van der Waals surface area contributed by atoms with Crippen LogP contribution < -0.4 is 5.73 Å². The van der Waals surface area contributed by atoms with Crippen molar-refractivity contribution in [1.82, 2.24) is 19.5 Å². The lowest BCUT2D eigenvalue weighted by Crippen LogP contribution is -2.10. The number of thioether (sulfide) groups is 1. The van der Waals surface area contributed by atoms with E-state index in [0.717, 1.165) is 15.6 Å². The van der Waals surface area contributed by atoms with Crippen molar-refractivity contribution >= 4 is 56.7 Å². The third-order valence-corrected chi connectivity index (χ3v) is 7.19. The standard InChI is InChI=1S/C22H16BrCl2N5O2S/c23-14-5-2-1-4-12(14)21-31-10-17(32-21)33-22-28-18-19(26)27-11-30(20(18)29-22)9-8-13-15(24)6-3-7-16(13)25/h1-7,10-11,21H,8-9,26H2. The normalized spacial score (nSPS) is 15.4. The van der Waals surface area contributed by atoms with E-state index in [2.05, 4.69) is 30.9 Å². The average molecular weight is 565 g/mol. The summed E-state index contributed by atoms with van der Waals surface area (Å²) in [5, 5.41) is 2.28. The van der Waals surface area contributed by atoms with Crippen LogP contribution in [0.3, 0.4) is 0 Å². The quantitative estimate of drug-likeness (QED) is 0.293. The second-order valence-corrected chi connectivity index (χ2v) is 9.74. The minimum atomic E-state index is -0.538. The van der Waals surface area contributed by atoms with Gasteiger partial charge in [-0.1, -0.05) is 63.4 Å². The van der Waals surface area contributed by atoms with Crippen LogP contribution in [0.1, 0.15) is 17.4 Å². The molecule has 168 valence electrons. The number of fused-ring (bicyclic) bond motifs is 1. The van der Waals surface area contributed by atoms with Crippen LogP contribution in [-0.2, 0) is 22.4 Å². The molecule has 0 aliphatic carbocycles. The SMILES string of the molecule is Nc1ncn(CCc2c(Cl)cccc2Cl)c2nc(SC3=COC(c4ccccc4Br)O3)nc1-2. The van der Waals surface area contributed by atoms with Gasteiger partial charge in [0.1, 0.15) is 6.26 Å². The summed E-state index contributed by atoms with van der Waals surface area (Å²) < 4.78 is 14.4. The number of anilines is 1. The van der Waals surface area contributed by atoms with Gasteiger partial charge in [0.15, 0.2) is 22.5 Å². The molecule has 3 aliphatic heterocycles. The van der Waals surface area contributed by atoms with Gasteiger partial charge in [0.25, 0.3) is 6.29 Å². The summed E-state index contributed by atoms with van der Waals surface area (Å²) in [6, 6.07) is 13.2. The maximum Gasteiger partial charge on any atom is 0.268 e. The summed E-state index contributed by atoms with van der Waals surface area (Å²) in [6.45, 7) is 0.558. The van der Waals surface area contributed by atoms with Crippen LogP contribution in [0.4, 0.5) is 5.82 Å². The van der Waals surface area contributed by atoms with Crippen molar-refractivity contribution in [2.24, 2.45) is 0 Å². The highest BCUT2D eigenvalue weighted by molar-refractivity contribution is 9.10. The van der Waals surface area contributed by atoms with Crippen LogP contribution in [0.2, 0.25) is 10.0 Å². The van der Waals surface area contributed by atoms with Gasteiger partial charge in [-0.05, 0) is 41.9 Å². The van der Waals surface area contributed by atoms with Gasteiger partial charge in [-0.2, -0.15) is 0 Å². The molecule has 2 aromatic carbocycles. The van der Waals surface area contributed by atoms with Crippen molar-refractivity contribution < 1.29 is 9.47 Å². The second kappa shape index (κ2) is 9.42. The lowest BCUT2D eigenvalue weighted by atomic mass is 10.1. The summed E-state index contributed by atoms with van der Waals surface area (Å²) in [7, 11) is 0. The molecular formula is C22H16BrCl2N5O2S. The molecule has 0 saturated heterocycles. The molecule has 11 heteroatoms. The Morgan fingerprint density at radius 3 is 2.67 bits per heavy atom. The highest BCUT2D eigenvalue weighted by atomic mass is 79.9. The molecule has 7 nitrogen and oxygen atoms in total. The molecule has 0 fully saturated rings. The highest BCUT2D eigenvalue weighted by Gasteiger charge is 2.27. The summed E-state index contributed by atoms with van der Waals surface area (Å²) in [5.74, 6) is 0.926. The number of hydrogen-bond acceptors (Lipinski definition) is 7. The molecule has 2 N–H and O–H groups in total. The van der Waals surface area contributed by atoms with E-state index in [4.69, 9.17) is 38.4 Å². The predicted molar refractivity (Wildman–Crippen MR) is 132 cm³/mol. The molecular weight excluding hydrogens is 549 g/mol. The minimum Gasteiger partial charge on any atom is -0.454 e. The van der Waals surface area contributed by atoms with Crippen molar-refractivity contribution in [2.45, 2.75) is 24.4 Å². The number of hydrogen-bond donors (Lipinski definition) is 1. The molecule has 5 rings (SSSR count). The molecule has 0 aromatic heterocycles. The number of rotatable bonds is 6. The largest absolute Gasteiger partial charge is 0.454 e. The van der Waals surface area contributed by atoms with Crippen LogP contribution in [0.25, 0.3) is 11.5 Å². The molecule has 2 aromatic rings. The van der Waals surface area contributed by atoms with Gasteiger partial charge in [-0.15, -0.1) is 0 Å². The van der Waals surface area contributed by atoms with Crippen LogP contribution in [0, 0.1) is 0 Å². The Morgan fingerprint density at radius 2 is 1.88 bits per heavy atom. The van der Waals surface area contributed by atoms with Crippen molar-refractivity contribution in [3.05, 3.63) is 85.8 Å². The number of nitrogen functional groups attached to an aromatic ring is 1. The van der Waals surface area contributed by atoms with E-state index < -0.39 is 6.29 Å². The number of imidazole rings is 1. The zero-order chi connectivity index (χ0) is 22.9. The number of ether oxygens (including phenoxy) is 2. The topological polar surface area (TPSA) is 88.1 Å². The number of nitrogens with two attached hydrogens (primary N) is 1. The van der Waals surface area contributed by atoms with E-state index in [1.165, 1.54) is 11.8 Å². The smallest absolute Gasteiger partial charge is 0.268 e. The van der Waals surface area contributed by atoms with Crippen molar-refractivity contribution in [2.75, 3.05) is 5.73 Å². The second-order valence-electron chi connectivity index (χ2n) is 7.10. The summed E-state index contributed by atoms with van der Waals surface area (Å²) >= 11 is 17.4. The summed E-state index contributed by atoms with van der Waals surface area (Å²) in [6.07, 6.45) is 3.27. The van der Waals surface area contributed by atoms with Gasteiger partial charge >= 0.3 is 0 Å². The molecule has 0 saturated carbocycles. The lowest BCUT2D eigenvalue weighted by Gasteiger charge is -2.12. The maximum absolute atomic E-state index is 6.31. The van der Waals surface area contributed by atoms with Crippen LogP contribution in [0.5, 0.6) is 0 Å². The number of nitrogens with zero attached hydrogens (tertiary/aromatic N) is 4. The number of aryl methyl sites for hydroxylation is 1. The fourth-order valence-electron chi connectivity index (χ4n) is 3.37. The molecule has 0 bridgehead atoms. The predicted octanol–water partition coefficient (Wildman–Crippen LogP) is 6.31. The summed E-state index contributed by atoms with van der Waals surface area (Å²) in [5.41, 5.74) is 8.34. The Hall–Kier alpha value is -2.46. The number of benzene rings is 2. The Morgan fingerprint density at radius 1 is 1.09 bits per heavy atom. The zero-order valence-corrected chi connectivity index (χ0v) is 20.8. The Bertz CT molecular complexity index is 1310. The van der Waals surface area contributed by atoms with E-state index >= 15 is 0 Å². The fourth-order valence-corrected chi connectivity index (χ4v) is 5.11. The molecule has 1 atom stereocenters.